The van der Waals surface area contributed by atoms with Gasteiger partial charge in [-0.1, -0.05) is 6.92 Å². The third-order valence-corrected chi connectivity index (χ3v) is 28.9. The summed E-state index contributed by atoms with van der Waals surface area (Å²) in [5, 5.41) is 66.1. The van der Waals surface area contributed by atoms with Gasteiger partial charge in [-0.15, -0.1) is 0 Å². The average molecular weight is 1940 g/mol. The maximum Gasteiger partial charge on any atom is 0.147 e. The Morgan fingerprint density at radius 3 is 1.06 bits per heavy atom. The van der Waals surface area contributed by atoms with E-state index in [0.29, 0.717) is 89.1 Å². The van der Waals surface area contributed by atoms with E-state index in [0.717, 1.165) is 241 Å². The van der Waals surface area contributed by atoms with Crippen LogP contribution in [0.4, 0.5) is 15.8 Å². The van der Waals surface area contributed by atoms with Crippen LogP contribution in [0, 0.1) is 73.9 Å². The molecule has 0 spiro atoms. The van der Waals surface area contributed by atoms with Gasteiger partial charge in [0.15, 0.2) is 0 Å². The minimum Gasteiger partial charge on any atom is -0.492 e. The summed E-state index contributed by atoms with van der Waals surface area (Å²) in [5.41, 5.74) is 13.3. The monoisotopic (exact) mass is 1940 g/mol. The quantitative estimate of drug-likeness (QED) is 0.0523. The molecule has 0 bridgehead atoms. The van der Waals surface area contributed by atoms with E-state index >= 15 is 0 Å². The zero-order chi connectivity index (χ0) is 101. The third kappa shape index (κ3) is 21.4. The Labute approximate surface area is 836 Å². The lowest BCUT2D eigenvalue weighted by molar-refractivity contribution is 0.0250. The summed E-state index contributed by atoms with van der Waals surface area (Å²) in [5.74, 6) is 3.59. The number of nitriles is 6. The fourth-order valence-electron chi connectivity index (χ4n) is 20.9. The Morgan fingerprint density at radius 2 is 0.697 bits per heavy atom. The molecule has 0 amide bonds. The van der Waals surface area contributed by atoms with E-state index in [1.54, 1.807) is 92.3 Å². The van der Waals surface area contributed by atoms with Gasteiger partial charge >= 0.3 is 0 Å². The van der Waals surface area contributed by atoms with Crippen molar-refractivity contribution >= 4 is 143 Å². The molecular weight excluding hydrogens is 1830 g/mol. The summed E-state index contributed by atoms with van der Waals surface area (Å²) in [6.45, 7) is 13.8. The van der Waals surface area contributed by atoms with Gasteiger partial charge in [-0.3, -0.25) is 4.90 Å². The van der Waals surface area contributed by atoms with Crippen molar-refractivity contribution in [1.29, 1.82) is 31.6 Å². The molecule has 0 aromatic carbocycles. The molecule has 6 N–H and O–H groups in total. The number of nitrogens with zero attached hydrogens (tertiary/aromatic N) is 26. The second-order valence-corrected chi connectivity index (χ2v) is 39.0. The van der Waals surface area contributed by atoms with E-state index in [-0.39, 0.29) is 18.8 Å². The normalized spacial score (nSPS) is 18.8. The zero-order valence-electron chi connectivity index (χ0n) is 82.8. The molecule has 18 aromatic heterocycles. The Balaban J connectivity index is 0.000000110. The Bertz CT molecular complexity index is 7890. The van der Waals surface area contributed by atoms with Crippen LogP contribution < -0.4 is 28.7 Å². The second kappa shape index (κ2) is 43.5. The molecule has 23 heterocycles. The SMILES string of the molecule is CCN1CC[C@@H](Oc2ccnc3[nH]c4cnc(C#N)cc4c23)C1.CN(C)C1CCC(Oc2ccnc3[nH]c4cnc(C#N)cc4c23)CC1.CN(C)[C@@H]1CCCN(c2ccnc3[nH]c4cnc(C#N)cc4c23)C1.CN(C)[C@H]1CCCN(c2ccnc3[nH]c4cnc(C#N)cc4c23)C1.CN1CCC(F)(COc2ccnc3[nH]c4cnc(C#N)cc4c23)CC1.CN1CCC[C@@H](COc2ccnc3[nH]c4cnc(C#N)cc4c23)C1. The van der Waals surface area contributed by atoms with Crippen LogP contribution in [0.1, 0.15) is 125 Å². The number of aromatic nitrogens is 18. The molecule has 5 saturated heterocycles. The minimum absolute atomic E-state index is 0.0167. The van der Waals surface area contributed by atoms with Crippen LogP contribution in [-0.4, -0.2) is 297 Å². The van der Waals surface area contributed by atoms with E-state index in [2.05, 4.69) is 228 Å². The highest BCUT2D eigenvalue weighted by Gasteiger charge is 2.36. The van der Waals surface area contributed by atoms with Crippen LogP contribution in [-0.2, 0) is 0 Å². The lowest BCUT2D eigenvalue weighted by Gasteiger charge is -2.37. The minimum atomic E-state index is -1.31. The Morgan fingerprint density at radius 1 is 0.359 bits per heavy atom. The van der Waals surface area contributed by atoms with Crippen molar-refractivity contribution in [3.05, 3.63) is 181 Å². The number of likely N-dealkylation sites (tertiary alicyclic amines) is 3. The van der Waals surface area contributed by atoms with Gasteiger partial charge in [-0.05, 0) is 226 Å². The third-order valence-electron chi connectivity index (χ3n) is 28.9. The highest BCUT2D eigenvalue weighted by atomic mass is 19.1. The first kappa shape index (κ1) is 97.8. The van der Waals surface area contributed by atoms with E-state index in [1.807, 2.05) is 55.8 Å². The maximum absolute atomic E-state index is 15.0. The van der Waals surface area contributed by atoms with Gasteiger partial charge in [0.1, 0.15) is 146 Å². The highest BCUT2D eigenvalue weighted by molar-refractivity contribution is 6.15. The maximum atomic E-state index is 15.0. The number of hydrogen-bond acceptors (Lipinski definition) is 30. The molecule has 5 aliphatic heterocycles. The van der Waals surface area contributed by atoms with Crippen LogP contribution >= 0.6 is 0 Å². The van der Waals surface area contributed by atoms with Gasteiger partial charge in [0.2, 0.25) is 0 Å². The van der Waals surface area contributed by atoms with E-state index in [1.165, 1.54) is 56.4 Å². The van der Waals surface area contributed by atoms with Crippen molar-refractivity contribution in [2.75, 3.05) is 151 Å². The zero-order valence-corrected chi connectivity index (χ0v) is 82.8. The molecule has 4 atom stereocenters. The lowest BCUT2D eigenvalue weighted by Crippen LogP contribution is -2.45. The van der Waals surface area contributed by atoms with E-state index < -0.39 is 5.67 Å². The van der Waals surface area contributed by atoms with Crippen molar-refractivity contribution in [3.63, 3.8) is 0 Å². The molecule has 6 aliphatic rings. The number of nitrogens with one attached hydrogen (secondary N) is 6. The highest BCUT2D eigenvalue weighted by Crippen LogP contribution is 2.42. The number of fused-ring (bicyclic) bond motifs is 18. The number of hydrogen-bond donors (Lipinski definition) is 6. The molecule has 0 radical (unpaired) electrons. The summed E-state index contributed by atoms with van der Waals surface area (Å²) in [6, 6.07) is 36.7. The number of ether oxygens (including phenoxy) is 4. The molecule has 738 valence electrons. The summed E-state index contributed by atoms with van der Waals surface area (Å²) in [4.78, 5) is 89.4. The molecule has 36 nitrogen and oxygen atoms in total. The lowest BCUT2D eigenvalue weighted by atomic mass is 9.92. The van der Waals surface area contributed by atoms with Crippen LogP contribution in [0.2, 0.25) is 0 Å². The van der Waals surface area contributed by atoms with Crippen molar-refractivity contribution in [3.8, 4) is 59.4 Å². The largest absolute Gasteiger partial charge is 0.492 e. The summed E-state index contributed by atoms with van der Waals surface area (Å²) < 4.78 is 39.6. The van der Waals surface area contributed by atoms with Crippen molar-refractivity contribution in [2.45, 2.75) is 126 Å². The fourth-order valence-corrected chi connectivity index (χ4v) is 20.9. The topological polar surface area (TPSA) is 455 Å². The molecular formula is C108H115FN32O4. The van der Waals surface area contributed by atoms with Crippen LogP contribution in [0.15, 0.2) is 147 Å². The Hall–Kier alpha value is -16.0. The number of aromatic amines is 6. The second-order valence-electron chi connectivity index (χ2n) is 39.0. The number of halogens is 1. The van der Waals surface area contributed by atoms with Gasteiger partial charge in [-0.25, -0.2) is 64.2 Å². The summed E-state index contributed by atoms with van der Waals surface area (Å²) >= 11 is 0. The number of pyridine rings is 12. The first-order valence-corrected chi connectivity index (χ1v) is 49.5. The number of rotatable bonds is 16. The molecule has 6 fully saturated rings. The van der Waals surface area contributed by atoms with Gasteiger partial charge in [0, 0.05) is 164 Å². The average Bonchev–Trinajstić information content (AvgIpc) is 1.60. The number of piperidine rings is 4. The van der Waals surface area contributed by atoms with Crippen molar-refractivity contribution < 1.29 is 23.3 Å². The van der Waals surface area contributed by atoms with Gasteiger partial charge in [-0.2, -0.15) is 31.6 Å². The molecule has 1 aliphatic carbocycles. The first-order chi connectivity index (χ1) is 70.6. The molecule has 1 saturated carbocycles. The van der Waals surface area contributed by atoms with Crippen LogP contribution in [0.25, 0.3) is 132 Å². The standard InChI is InChI=1S/C19H21N5O.C18H18FN5O.2C18H20N6.C18H19N5O.C17H17N5O/c1-24(2)13-3-5-14(6-4-13)25-17-7-8-21-19-18(17)15-9-12(10-20)22-11-16(15)23-19;1-24-6-3-18(19,4-7-24)11-25-15-2-5-21-17-16(15)13-8-12(9-20)22-10-14(13)23-17;2*1-23(2)13-4-3-7-24(11-13)16-5-6-20-18-17(16)14-8-12(9-19)21-10-15(14)22-18;1-23-6-2-3-12(10-23)11-24-16-4-5-20-18-17(16)14-7-13(8-19)21-9-15(14)22-18;1-2-22-6-4-12(10-22)23-15-3-5-19-17-16(15)13-7-11(8-18)20-9-14(13)21-17/h7-9,11,13-14H,3-6H2,1-2H3,(H,21,23);2,5,8,10H,3-4,6-7,11H2,1H3,(H,21,23);2*5-6,8,10,13H,3-4,7,11H2,1-2H3,(H,20,22);4-5,7,9,12H,2-3,6,10-11H2,1H3,(H,20,22);3,5,7,9,12H,2,4,6,10H2,1H3,(H,19,21)/t;;2*13-;2*12-/m..1011/s1. The van der Waals surface area contributed by atoms with Crippen molar-refractivity contribution in [1.82, 2.24) is 119 Å². The number of anilines is 2. The molecule has 24 rings (SSSR count). The number of alkyl halides is 1. The predicted octanol–water partition coefficient (Wildman–Crippen LogP) is 16.2. The van der Waals surface area contributed by atoms with Crippen LogP contribution in [0.3, 0.4) is 0 Å². The number of likely N-dealkylation sites (N-methyl/N-ethyl adjacent to an activating group) is 3. The van der Waals surface area contributed by atoms with E-state index in [4.69, 9.17) is 50.5 Å². The molecule has 0 unspecified atom stereocenters. The molecule has 37 heteroatoms. The Kier molecular flexibility index (Phi) is 29.3. The fraction of sp³-hybridized carbons (Fsp3) is 0.389. The predicted molar refractivity (Wildman–Crippen MR) is 558 cm³/mol. The van der Waals surface area contributed by atoms with Gasteiger partial charge < -0.3 is 83.2 Å². The summed E-state index contributed by atoms with van der Waals surface area (Å²) in [6.07, 6.45) is 34.7. The van der Waals surface area contributed by atoms with Crippen LogP contribution in [0.5, 0.6) is 23.0 Å². The van der Waals surface area contributed by atoms with Gasteiger partial charge in [0.25, 0.3) is 0 Å². The van der Waals surface area contributed by atoms with Crippen molar-refractivity contribution in [2.24, 2.45) is 5.92 Å². The van der Waals surface area contributed by atoms with Gasteiger partial charge in [0.05, 0.1) is 115 Å². The smallest absolute Gasteiger partial charge is 0.147 e. The number of H-pyrrole nitrogens is 6. The first-order valence-electron chi connectivity index (χ1n) is 49.5. The summed E-state index contributed by atoms with van der Waals surface area (Å²) in [7, 11) is 17.0. The molecule has 145 heavy (non-hydrogen) atoms. The molecule has 18 aromatic rings. The van der Waals surface area contributed by atoms with E-state index in [9.17, 15) is 4.39 Å².